The smallest absolute Gasteiger partial charge is 0.147 e. The van der Waals surface area contributed by atoms with Gasteiger partial charge in [-0.05, 0) is 55.0 Å². The number of fused-ring (bicyclic) bond motifs is 5. The Kier molecular flexibility index (Phi) is 5.37. The summed E-state index contributed by atoms with van der Waals surface area (Å²) >= 11 is 1.72. The Balaban J connectivity index is 1.48. The molecule has 1 aliphatic heterocycles. The molecule has 0 atom stereocenters. The molecule has 7 nitrogen and oxygen atoms in total. The second-order valence-corrected chi connectivity index (χ2v) is 11.4. The molecule has 1 saturated heterocycles. The molecule has 176 valence electrons. The maximum Gasteiger partial charge on any atom is 0.147 e. The number of thiophene rings is 1. The van der Waals surface area contributed by atoms with Gasteiger partial charge >= 0.3 is 0 Å². The van der Waals surface area contributed by atoms with Crippen LogP contribution in [0, 0.1) is 5.41 Å². The lowest BCUT2D eigenvalue weighted by Crippen LogP contribution is -2.45. The molecule has 2 aliphatic rings. The highest BCUT2D eigenvalue weighted by Crippen LogP contribution is 2.46. The van der Waals surface area contributed by atoms with Crippen molar-refractivity contribution in [3.63, 3.8) is 0 Å². The molecular weight excluding hydrogens is 442 g/mol. The van der Waals surface area contributed by atoms with Gasteiger partial charge in [0, 0.05) is 37.8 Å². The Morgan fingerprint density at radius 2 is 1.91 bits per heavy atom. The molecule has 0 saturated carbocycles. The van der Waals surface area contributed by atoms with Crippen molar-refractivity contribution in [1.29, 1.82) is 0 Å². The van der Waals surface area contributed by atoms with Crippen LogP contribution in [0.1, 0.15) is 37.1 Å². The van der Waals surface area contributed by atoms with E-state index in [0.717, 1.165) is 65.6 Å². The van der Waals surface area contributed by atoms with Crippen LogP contribution in [0.3, 0.4) is 0 Å². The van der Waals surface area contributed by atoms with E-state index in [9.17, 15) is 0 Å². The number of piperazine rings is 1. The zero-order valence-electron chi connectivity index (χ0n) is 20.1. The predicted molar refractivity (Wildman–Crippen MR) is 140 cm³/mol. The summed E-state index contributed by atoms with van der Waals surface area (Å²) in [4.78, 5) is 25.1. The van der Waals surface area contributed by atoms with Crippen molar-refractivity contribution < 1.29 is 0 Å². The molecule has 4 aromatic heterocycles. The van der Waals surface area contributed by atoms with Crippen molar-refractivity contribution in [1.82, 2.24) is 24.8 Å². The highest BCUT2D eigenvalue weighted by atomic mass is 32.1. The van der Waals surface area contributed by atoms with Gasteiger partial charge in [0.2, 0.25) is 0 Å². The van der Waals surface area contributed by atoms with E-state index in [1.807, 2.05) is 24.4 Å². The van der Waals surface area contributed by atoms with Gasteiger partial charge in [0.25, 0.3) is 0 Å². The number of hydrogen-bond donors (Lipinski definition) is 1. The number of aromatic nitrogens is 4. The fraction of sp³-hybridized carbons (Fsp3) is 0.462. The van der Waals surface area contributed by atoms with Crippen LogP contribution in [0.15, 0.2) is 30.7 Å². The van der Waals surface area contributed by atoms with Crippen LogP contribution in [-0.4, -0.2) is 58.1 Å². The minimum Gasteiger partial charge on any atom is -0.363 e. The second kappa shape index (κ2) is 8.43. The van der Waals surface area contributed by atoms with Crippen molar-refractivity contribution in [3.8, 4) is 0 Å². The summed E-state index contributed by atoms with van der Waals surface area (Å²) in [5, 5.41) is 4.74. The molecule has 1 aliphatic carbocycles. The average Bonchev–Trinajstić information content (AvgIpc) is 3.22. The molecule has 34 heavy (non-hydrogen) atoms. The lowest BCUT2D eigenvalue weighted by molar-refractivity contribution is 0.307. The van der Waals surface area contributed by atoms with Gasteiger partial charge in [-0.2, -0.15) is 0 Å². The van der Waals surface area contributed by atoms with E-state index in [4.69, 9.17) is 9.97 Å². The molecule has 0 bridgehead atoms. The predicted octanol–water partition coefficient (Wildman–Crippen LogP) is 4.51. The first kappa shape index (κ1) is 21.7. The Hall–Kier alpha value is -2.84. The molecule has 6 rings (SSSR count). The fourth-order valence-electron chi connectivity index (χ4n) is 5.27. The molecule has 0 amide bonds. The van der Waals surface area contributed by atoms with E-state index in [1.54, 1.807) is 17.7 Å². The van der Waals surface area contributed by atoms with Crippen molar-refractivity contribution in [2.75, 3.05) is 43.4 Å². The topological polar surface area (TPSA) is 70.1 Å². The second-order valence-electron chi connectivity index (χ2n) is 10.4. The normalized spacial score (nSPS) is 18.4. The molecule has 0 aromatic carbocycles. The Labute approximate surface area is 204 Å². The minimum atomic E-state index is 0.280. The molecule has 8 heteroatoms. The summed E-state index contributed by atoms with van der Waals surface area (Å²) in [7, 11) is 2.20. The first-order valence-corrected chi connectivity index (χ1v) is 13.0. The first-order valence-electron chi connectivity index (χ1n) is 12.1. The third kappa shape index (κ3) is 3.88. The highest BCUT2D eigenvalue weighted by Gasteiger charge is 2.33. The highest BCUT2D eigenvalue weighted by molar-refractivity contribution is 7.26. The van der Waals surface area contributed by atoms with E-state index < -0.39 is 0 Å². The van der Waals surface area contributed by atoms with Crippen molar-refractivity contribution in [3.05, 3.63) is 47.5 Å². The van der Waals surface area contributed by atoms with E-state index in [0.29, 0.717) is 6.54 Å². The number of nitrogens with zero attached hydrogens (tertiary/aromatic N) is 6. The van der Waals surface area contributed by atoms with Gasteiger partial charge in [-0.25, -0.2) is 15.0 Å². The SMILES string of the molecule is CN1CCN(c2nc3sc4c(NCc5ccccn5)ncnc4c3c3c2CCC(C)(C)C3)CC1. The number of nitrogens with one attached hydrogen (secondary N) is 1. The zero-order valence-corrected chi connectivity index (χ0v) is 21.0. The molecule has 0 unspecified atom stereocenters. The van der Waals surface area contributed by atoms with Crippen LogP contribution in [0.2, 0.25) is 0 Å². The number of anilines is 2. The van der Waals surface area contributed by atoms with Crippen LogP contribution >= 0.6 is 11.3 Å². The lowest BCUT2D eigenvalue weighted by Gasteiger charge is -2.38. The quantitative estimate of drug-likeness (QED) is 0.467. The van der Waals surface area contributed by atoms with Gasteiger partial charge in [0.15, 0.2) is 0 Å². The lowest BCUT2D eigenvalue weighted by atomic mass is 9.73. The summed E-state index contributed by atoms with van der Waals surface area (Å²) in [5.41, 5.74) is 5.20. The summed E-state index contributed by atoms with van der Waals surface area (Å²) in [6.45, 7) is 9.65. The van der Waals surface area contributed by atoms with Crippen LogP contribution in [0.4, 0.5) is 11.6 Å². The molecule has 0 radical (unpaired) electrons. The first-order chi connectivity index (χ1) is 16.5. The fourth-order valence-corrected chi connectivity index (χ4v) is 6.39. The van der Waals surface area contributed by atoms with Gasteiger partial charge in [-0.3, -0.25) is 4.98 Å². The van der Waals surface area contributed by atoms with E-state index in [2.05, 4.69) is 46.0 Å². The maximum atomic E-state index is 5.30. The van der Waals surface area contributed by atoms with Gasteiger partial charge in [-0.1, -0.05) is 19.9 Å². The van der Waals surface area contributed by atoms with E-state index in [1.165, 1.54) is 28.8 Å². The standard InChI is InChI=1S/C26H31N7S/c1-26(2)8-7-18-19(14-26)20-21-22(23(30-16-29-21)28-15-17-6-4-5-9-27-17)34-25(20)31-24(18)33-12-10-32(3)11-13-33/h4-6,9,16H,7-8,10-15H2,1-3H3,(H,28,29,30). The molecule has 0 spiro atoms. The summed E-state index contributed by atoms with van der Waals surface area (Å²) in [5.74, 6) is 2.07. The summed E-state index contributed by atoms with van der Waals surface area (Å²) < 4.78 is 1.09. The number of pyridine rings is 2. The van der Waals surface area contributed by atoms with E-state index >= 15 is 0 Å². The molecular formula is C26H31N7S. The van der Waals surface area contributed by atoms with Crippen LogP contribution in [0.25, 0.3) is 20.4 Å². The van der Waals surface area contributed by atoms with Crippen molar-refractivity contribution in [2.45, 2.75) is 39.7 Å². The van der Waals surface area contributed by atoms with Crippen molar-refractivity contribution >= 4 is 43.4 Å². The van der Waals surface area contributed by atoms with Crippen LogP contribution in [-0.2, 0) is 19.4 Å². The summed E-state index contributed by atoms with van der Waals surface area (Å²) in [6, 6.07) is 5.97. The van der Waals surface area contributed by atoms with Crippen LogP contribution in [0.5, 0.6) is 0 Å². The van der Waals surface area contributed by atoms with Gasteiger partial charge in [0.1, 0.15) is 22.8 Å². The monoisotopic (exact) mass is 473 g/mol. The molecule has 1 fully saturated rings. The van der Waals surface area contributed by atoms with Gasteiger partial charge < -0.3 is 15.1 Å². The van der Waals surface area contributed by atoms with Gasteiger partial charge in [-0.15, -0.1) is 11.3 Å². The molecule has 4 aromatic rings. The summed E-state index contributed by atoms with van der Waals surface area (Å²) in [6.07, 6.45) is 6.85. The molecule has 1 N–H and O–H groups in total. The zero-order chi connectivity index (χ0) is 23.3. The maximum absolute atomic E-state index is 5.30. The number of rotatable bonds is 4. The Bertz CT molecular complexity index is 1340. The Morgan fingerprint density at radius 1 is 1.06 bits per heavy atom. The largest absolute Gasteiger partial charge is 0.363 e. The van der Waals surface area contributed by atoms with Crippen LogP contribution < -0.4 is 10.2 Å². The Morgan fingerprint density at radius 3 is 2.71 bits per heavy atom. The van der Waals surface area contributed by atoms with E-state index in [-0.39, 0.29) is 5.41 Å². The third-order valence-electron chi connectivity index (χ3n) is 7.27. The number of likely N-dealkylation sites (N-methyl/N-ethyl adjacent to an activating group) is 1. The number of hydrogen-bond acceptors (Lipinski definition) is 8. The third-order valence-corrected chi connectivity index (χ3v) is 8.35. The van der Waals surface area contributed by atoms with Gasteiger partial charge in [0.05, 0.1) is 22.5 Å². The molecule has 5 heterocycles. The average molecular weight is 474 g/mol. The minimum absolute atomic E-state index is 0.280. The van der Waals surface area contributed by atoms with Crippen molar-refractivity contribution in [2.24, 2.45) is 5.41 Å².